The highest BCUT2D eigenvalue weighted by Crippen LogP contribution is 2.36. The van der Waals surface area contributed by atoms with Gasteiger partial charge >= 0.3 is 6.18 Å². The van der Waals surface area contributed by atoms with Gasteiger partial charge < -0.3 is 10.2 Å². The maximum Gasteiger partial charge on any atom is 0.417 e. The first-order chi connectivity index (χ1) is 11.8. The van der Waals surface area contributed by atoms with Crippen LogP contribution in [0.15, 0.2) is 30.3 Å². The number of aromatic nitrogens is 2. The molecule has 2 aromatic heterocycles. The summed E-state index contributed by atoms with van der Waals surface area (Å²) in [7, 11) is 3.76. The van der Waals surface area contributed by atoms with Gasteiger partial charge in [0.1, 0.15) is 17.5 Å². The normalized spacial score (nSPS) is 12.0. The number of fused-ring (bicyclic) bond motifs is 3. The molecule has 0 bridgehead atoms. The standard InChI is InChI=1S/C17H16F3N5/c1-24(2)8-7-22-15-9-12(17(18,19)20)11(10-21)16-23-13-5-3-4-6-14(13)25(15)16/h3-6,9,22H,7-8H2,1-2H3. The summed E-state index contributed by atoms with van der Waals surface area (Å²) in [6, 6.07) is 9.66. The number of hydrogen-bond acceptors (Lipinski definition) is 4. The van der Waals surface area contributed by atoms with Gasteiger partial charge in [-0.1, -0.05) is 12.1 Å². The Morgan fingerprint density at radius 1 is 1.28 bits per heavy atom. The minimum atomic E-state index is -4.64. The minimum Gasteiger partial charge on any atom is -0.370 e. The van der Waals surface area contributed by atoms with Crippen molar-refractivity contribution in [1.29, 1.82) is 5.26 Å². The molecule has 0 atom stereocenters. The molecule has 0 amide bonds. The third-order valence-electron chi connectivity index (χ3n) is 3.86. The Balaban J connectivity index is 2.29. The molecule has 0 saturated heterocycles. The first-order valence-corrected chi connectivity index (χ1v) is 7.63. The lowest BCUT2D eigenvalue weighted by atomic mass is 10.1. The second-order valence-corrected chi connectivity index (χ2v) is 5.92. The van der Waals surface area contributed by atoms with Crippen LogP contribution in [0.25, 0.3) is 16.7 Å². The van der Waals surface area contributed by atoms with Crippen molar-refractivity contribution in [3.63, 3.8) is 0 Å². The second kappa shape index (κ2) is 6.26. The van der Waals surface area contributed by atoms with Gasteiger partial charge in [0.25, 0.3) is 0 Å². The number of likely N-dealkylation sites (N-methyl/N-ethyl adjacent to an activating group) is 1. The summed E-state index contributed by atoms with van der Waals surface area (Å²) in [5.41, 5.74) is -0.262. The Morgan fingerprint density at radius 3 is 2.64 bits per heavy atom. The maximum atomic E-state index is 13.4. The molecule has 2 heterocycles. The van der Waals surface area contributed by atoms with Gasteiger partial charge in [0, 0.05) is 13.1 Å². The highest BCUT2D eigenvalue weighted by Gasteiger charge is 2.36. The predicted octanol–water partition coefficient (Wildman–Crippen LogP) is 3.35. The molecule has 3 aromatic rings. The van der Waals surface area contributed by atoms with E-state index in [1.54, 1.807) is 34.7 Å². The molecule has 0 radical (unpaired) electrons. The molecule has 1 aromatic carbocycles. The van der Waals surface area contributed by atoms with Crippen LogP contribution in [0.3, 0.4) is 0 Å². The molecule has 5 nitrogen and oxygen atoms in total. The highest BCUT2D eigenvalue weighted by atomic mass is 19.4. The Kier molecular flexibility index (Phi) is 4.27. The molecule has 8 heteroatoms. The molecule has 130 valence electrons. The molecule has 0 unspecified atom stereocenters. The van der Waals surface area contributed by atoms with Gasteiger partial charge in [0.05, 0.1) is 16.6 Å². The van der Waals surface area contributed by atoms with E-state index in [1.807, 2.05) is 19.0 Å². The Morgan fingerprint density at radius 2 is 2.00 bits per heavy atom. The van der Waals surface area contributed by atoms with E-state index >= 15 is 0 Å². The van der Waals surface area contributed by atoms with Crippen molar-refractivity contribution in [2.24, 2.45) is 0 Å². The van der Waals surface area contributed by atoms with E-state index in [2.05, 4.69) is 10.3 Å². The largest absolute Gasteiger partial charge is 0.417 e. The Bertz CT molecular complexity index is 966. The quantitative estimate of drug-likeness (QED) is 0.786. The van der Waals surface area contributed by atoms with E-state index in [0.717, 1.165) is 6.07 Å². The zero-order chi connectivity index (χ0) is 18.2. The number of rotatable bonds is 4. The van der Waals surface area contributed by atoms with Crippen molar-refractivity contribution in [2.45, 2.75) is 6.18 Å². The van der Waals surface area contributed by atoms with Crippen LogP contribution in [0.4, 0.5) is 19.0 Å². The first kappa shape index (κ1) is 17.0. The summed E-state index contributed by atoms with van der Waals surface area (Å²) in [5, 5.41) is 12.3. The molecule has 0 fully saturated rings. The summed E-state index contributed by atoms with van der Waals surface area (Å²) in [6.45, 7) is 1.10. The topological polar surface area (TPSA) is 56.4 Å². The maximum absolute atomic E-state index is 13.4. The van der Waals surface area contributed by atoms with Crippen LogP contribution in [0.5, 0.6) is 0 Å². The van der Waals surface area contributed by atoms with Crippen molar-refractivity contribution in [1.82, 2.24) is 14.3 Å². The van der Waals surface area contributed by atoms with E-state index in [-0.39, 0.29) is 11.5 Å². The molecule has 0 aliphatic rings. The third-order valence-corrected chi connectivity index (χ3v) is 3.86. The number of para-hydroxylation sites is 2. The van der Waals surface area contributed by atoms with Crippen LogP contribution < -0.4 is 5.32 Å². The van der Waals surface area contributed by atoms with E-state index < -0.39 is 17.3 Å². The van der Waals surface area contributed by atoms with E-state index in [0.29, 0.717) is 24.1 Å². The van der Waals surface area contributed by atoms with Crippen LogP contribution in [-0.4, -0.2) is 41.5 Å². The SMILES string of the molecule is CN(C)CCNc1cc(C(F)(F)F)c(C#N)c2nc3ccccc3n12. The van der Waals surface area contributed by atoms with E-state index in [1.165, 1.54) is 0 Å². The van der Waals surface area contributed by atoms with Gasteiger partial charge in [-0.25, -0.2) is 4.98 Å². The fourth-order valence-corrected chi connectivity index (χ4v) is 2.70. The van der Waals surface area contributed by atoms with Gasteiger partial charge in [-0.05, 0) is 32.3 Å². The average Bonchev–Trinajstić information content (AvgIpc) is 2.92. The molecule has 3 rings (SSSR count). The summed E-state index contributed by atoms with van der Waals surface area (Å²) in [4.78, 5) is 6.18. The fraction of sp³-hybridized carbons (Fsp3) is 0.294. The van der Waals surface area contributed by atoms with Gasteiger partial charge in [0.2, 0.25) is 0 Å². The zero-order valence-electron chi connectivity index (χ0n) is 13.7. The number of anilines is 1. The lowest BCUT2D eigenvalue weighted by Gasteiger charge is -2.16. The Labute approximate surface area is 142 Å². The van der Waals surface area contributed by atoms with Crippen molar-refractivity contribution in [2.75, 3.05) is 32.5 Å². The summed E-state index contributed by atoms with van der Waals surface area (Å²) in [6.07, 6.45) is -4.64. The zero-order valence-corrected chi connectivity index (χ0v) is 13.7. The van der Waals surface area contributed by atoms with E-state index in [9.17, 15) is 18.4 Å². The molecule has 0 aliphatic carbocycles. The molecule has 25 heavy (non-hydrogen) atoms. The average molecular weight is 347 g/mol. The number of halogens is 3. The Hall–Kier alpha value is -2.79. The number of imidazole rings is 1. The molecule has 0 saturated carbocycles. The van der Waals surface area contributed by atoms with E-state index in [4.69, 9.17) is 0 Å². The molecule has 1 N–H and O–H groups in total. The van der Waals surface area contributed by atoms with Gasteiger partial charge in [-0.2, -0.15) is 18.4 Å². The van der Waals surface area contributed by atoms with Gasteiger partial charge in [-0.15, -0.1) is 0 Å². The molecular formula is C17H16F3N5. The smallest absolute Gasteiger partial charge is 0.370 e. The van der Waals surface area contributed by atoms with Crippen LogP contribution in [0, 0.1) is 11.3 Å². The second-order valence-electron chi connectivity index (χ2n) is 5.92. The summed E-state index contributed by atoms with van der Waals surface area (Å²) in [5.74, 6) is 0.261. The van der Waals surface area contributed by atoms with Crippen LogP contribution in [-0.2, 0) is 6.18 Å². The van der Waals surface area contributed by atoms with Gasteiger partial charge in [-0.3, -0.25) is 4.40 Å². The van der Waals surface area contributed by atoms with Crippen LogP contribution in [0.2, 0.25) is 0 Å². The number of nitrogens with zero attached hydrogens (tertiary/aromatic N) is 4. The fourth-order valence-electron chi connectivity index (χ4n) is 2.70. The van der Waals surface area contributed by atoms with Crippen molar-refractivity contribution in [3.8, 4) is 6.07 Å². The first-order valence-electron chi connectivity index (χ1n) is 7.63. The number of nitrogens with one attached hydrogen (secondary N) is 1. The number of pyridine rings is 1. The lowest BCUT2D eigenvalue weighted by molar-refractivity contribution is -0.137. The highest BCUT2D eigenvalue weighted by molar-refractivity contribution is 5.85. The molecule has 0 aliphatic heterocycles. The number of benzene rings is 1. The lowest BCUT2D eigenvalue weighted by Crippen LogP contribution is -2.22. The third kappa shape index (κ3) is 3.10. The van der Waals surface area contributed by atoms with Crippen LogP contribution >= 0.6 is 0 Å². The minimum absolute atomic E-state index is 0.00544. The summed E-state index contributed by atoms with van der Waals surface area (Å²) < 4.78 is 41.8. The van der Waals surface area contributed by atoms with Crippen LogP contribution in [0.1, 0.15) is 11.1 Å². The number of nitriles is 1. The molecule has 0 spiro atoms. The number of alkyl halides is 3. The number of hydrogen-bond donors (Lipinski definition) is 1. The summed E-state index contributed by atoms with van der Waals surface area (Å²) >= 11 is 0. The van der Waals surface area contributed by atoms with Crippen molar-refractivity contribution >= 4 is 22.5 Å². The van der Waals surface area contributed by atoms with Crippen molar-refractivity contribution in [3.05, 3.63) is 41.5 Å². The van der Waals surface area contributed by atoms with Gasteiger partial charge in [0.15, 0.2) is 5.65 Å². The van der Waals surface area contributed by atoms with Crippen molar-refractivity contribution < 1.29 is 13.2 Å². The predicted molar refractivity (Wildman–Crippen MR) is 89.5 cm³/mol. The monoisotopic (exact) mass is 347 g/mol. The molecular weight excluding hydrogens is 331 g/mol.